The van der Waals surface area contributed by atoms with E-state index in [2.05, 4.69) is 10.2 Å². The quantitative estimate of drug-likeness (QED) is 0.771. The number of carbonyl (C=O) groups excluding carboxylic acids is 2. The topological polar surface area (TPSA) is 92.8 Å². The molecule has 2 amide bonds. The molecule has 3 rings (SSSR count). The van der Waals surface area contributed by atoms with Crippen LogP contribution in [0.4, 0.5) is 4.79 Å². The minimum Gasteiger partial charge on any atom is -0.492 e. The molecule has 7 nitrogen and oxygen atoms in total. The normalized spacial score (nSPS) is 23.4. The minimum absolute atomic E-state index is 0.219. The maximum absolute atomic E-state index is 11.6. The van der Waals surface area contributed by atoms with E-state index in [1.54, 1.807) is 0 Å². The van der Waals surface area contributed by atoms with E-state index in [9.17, 15) is 18.0 Å². The summed E-state index contributed by atoms with van der Waals surface area (Å²) in [4.78, 5) is 24.8. The summed E-state index contributed by atoms with van der Waals surface area (Å²) in [7, 11) is -2.85. The van der Waals surface area contributed by atoms with Crippen molar-refractivity contribution in [2.24, 2.45) is 0 Å². The van der Waals surface area contributed by atoms with E-state index in [0.717, 1.165) is 23.1 Å². The van der Waals surface area contributed by atoms with Crippen LogP contribution in [-0.4, -0.2) is 67.5 Å². The lowest BCUT2D eigenvalue weighted by Crippen LogP contribution is -2.42. The number of thioether (sulfide) groups is 1. The van der Waals surface area contributed by atoms with E-state index < -0.39 is 9.84 Å². The largest absolute Gasteiger partial charge is 0.492 e. The molecule has 0 radical (unpaired) electrons. The molecule has 1 N–H and O–H groups in total. The third kappa shape index (κ3) is 5.20. The number of imide groups is 1. The van der Waals surface area contributed by atoms with Gasteiger partial charge in [-0.3, -0.25) is 19.8 Å². The van der Waals surface area contributed by atoms with Crippen molar-refractivity contribution in [1.82, 2.24) is 10.2 Å². The maximum atomic E-state index is 11.6. The van der Waals surface area contributed by atoms with Crippen molar-refractivity contribution < 1.29 is 22.7 Å². The molecule has 9 heteroatoms. The molecule has 2 fully saturated rings. The van der Waals surface area contributed by atoms with Crippen LogP contribution in [-0.2, 0) is 21.1 Å². The zero-order valence-corrected chi connectivity index (χ0v) is 15.3. The Kier molecular flexibility index (Phi) is 5.65. The molecule has 25 heavy (non-hydrogen) atoms. The zero-order valence-electron chi connectivity index (χ0n) is 13.6. The van der Waals surface area contributed by atoms with Gasteiger partial charge in [-0.2, -0.15) is 0 Å². The highest BCUT2D eigenvalue weighted by Gasteiger charge is 2.31. The minimum atomic E-state index is -2.85. The number of benzene rings is 1. The lowest BCUT2D eigenvalue weighted by Gasteiger charge is -2.26. The SMILES string of the molecule is O=C1NC(=O)C(Cc2ccc(OCCN3CCS(=O)(=O)CC3)cc2)S1. The van der Waals surface area contributed by atoms with Gasteiger partial charge in [0.2, 0.25) is 5.91 Å². The third-order valence-corrected chi connectivity index (χ3v) is 6.82. The predicted octanol–water partition coefficient (Wildman–Crippen LogP) is 0.690. The Balaban J connectivity index is 1.42. The summed E-state index contributed by atoms with van der Waals surface area (Å²) in [6.07, 6.45) is 0.505. The fraction of sp³-hybridized carbons (Fsp3) is 0.500. The van der Waals surface area contributed by atoms with Gasteiger partial charge >= 0.3 is 0 Å². The zero-order chi connectivity index (χ0) is 17.9. The van der Waals surface area contributed by atoms with Crippen molar-refractivity contribution >= 4 is 32.7 Å². The van der Waals surface area contributed by atoms with Crippen LogP contribution in [0.5, 0.6) is 5.75 Å². The first-order chi connectivity index (χ1) is 11.9. The molecule has 2 saturated heterocycles. The molecule has 1 atom stereocenters. The van der Waals surface area contributed by atoms with E-state index in [0.29, 0.717) is 32.7 Å². The van der Waals surface area contributed by atoms with E-state index >= 15 is 0 Å². The molecule has 136 valence electrons. The molecule has 0 aliphatic carbocycles. The fourth-order valence-corrected chi connectivity index (χ4v) is 4.87. The molecule has 0 saturated carbocycles. The molecule has 1 unspecified atom stereocenters. The van der Waals surface area contributed by atoms with Gasteiger partial charge < -0.3 is 4.74 Å². The van der Waals surface area contributed by atoms with Crippen molar-refractivity contribution in [3.05, 3.63) is 29.8 Å². The Morgan fingerprint density at radius 3 is 2.44 bits per heavy atom. The van der Waals surface area contributed by atoms with Gasteiger partial charge in [0, 0.05) is 19.6 Å². The first kappa shape index (κ1) is 18.2. The van der Waals surface area contributed by atoms with Crippen LogP contribution in [0, 0.1) is 0 Å². The standard InChI is InChI=1S/C16H20N2O5S2/c19-15-14(24-16(20)17-15)11-12-1-3-13(4-2-12)23-8-5-18-6-9-25(21,22)10-7-18/h1-4,14H,5-11H2,(H,17,19,20). The number of ether oxygens (including phenoxy) is 1. The summed E-state index contributed by atoms with van der Waals surface area (Å²) < 4.78 is 28.5. The van der Waals surface area contributed by atoms with Gasteiger partial charge in [-0.1, -0.05) is 23.9 Å². The fourth-order valence-electron chi connectivity index (χ4n) is 2.73. The lowest BCUT2D eigenvalue weighted by molar-refractivity contribution is -0.118. The molecule has 1 aromatic carbocycles. The van der Waals surface area contributed by atoms with Crippen LogP contribution in [0.25, 0.3) is 0 Å². The van der Waals surface area contributed by atoms with Gasteiger partial charge in [-0.05, 0) is 24.1 Å². The molecular formula is C16H20N2O5S2. The number of amides is 2. The summed E-state index contributed by atoms with van der Waals surface area (Å²) in [5, 5.41) is 1.62. The molecular weight excluding hydrogens is 364 g/mol. The molecule has 2 aliphatic heterocycles. The molecule has 2 aliphatic rings. The Bertz CT molecular complexity index is 734. The Hall–Kier alpha value is -1.58. The van der Waals surface area contributed by atoms with E-state index in [1.165, 1.54) is 0 Å². The second-order valence-corrected chi connectivity index (χ2v) is 9.55. The number of hydrogen-bond donors (Lipinski definition) is 1. The predicted molar refractivity (Wildman–Crippen MR) is 95.7 cm³/mol. The number of nitrogens with one attached hydrogen (secondary N) is 1. The van der Waals surface area contributed by atoms with E-state index in [-0.39, 0.29) is 27.9 Å². The van der Waals surface area contributed by atoms with Crippen molar-refractivity contribution in [3.8, 4) is 5.75 Å². The molecule has 0 spiro atoms. The van der Waals surface area contributed by atoms with Crippen LogP contribution in [0.1, 0.15) is 5.56 Å². The average molecular weight is 384 g/mol. The van der Waals surface area contributed by atoms with E-state index in [4.69, 9.17) is 4.74 Å². The maximum Gasteiger partial charge on any atom is 0.286 e. The monoisotopic (exact) mass is 384 g/mol. The molecule has 0 aromatic heterocycles. The first-order valence-corrected chi connectivity index (χ1v) is 10.8. The number of rotatable bonds is 6. The van der Waals surface area contributed by atoms with Crippen LogP contribution in [0.2, 0.25) is 0 Å². The van der Waals surface area contributed by atoms with Gasteiger partial charge in [0.15, 0.2) is 9.84 Å². The van der Waals surface area contributed by atoms with E-state index in [1.807, 2.05) is 24.3 Å². The number of nitrogens with zero attached hydrogens (tertiary/aromatic N) is 1. The highest BCUT2D eigenvalue weighted by Crippen LogP contribution is 2.23. The van der Waals surface area contributed by atoms with Crippen LogP contribution in [0.3, 0.4) is 0 Å². The number of sulfone groups is 1. The smallest absolute Gasteiger partial charge is 0.286 e. The summed E-state index contributed by atoms with van der Waals surface area (Å²) in [6, 6.07) is 7.46. The third-order valence-electron chi connectivity index (χ3n) is 4.22. The average Bonchev–Trinajstić information content (AvgIpc) is 2.88. The lowest BCUT2D eigenvalue weighted by atomic mass is 10.1. The van der Waals surface area contributed by atoms with Crippen LogP contribution in [0.15, 0.2) is 24.3 Å². The summed E-state index contributed by atoms with van der Waals surface area (Å²) in [6.45, 7) is 2.31. The van der Waals surface area contributed by atoms with Gasteiger partial charge in [-0.25, -0.2) is 8.42 Å². The van der Waals surface area contributed by atoms with Gasteiger partial charge in [0.05, 0.1) is 16.8 Å². The number of hydrogen-bond acceptors (Lipinski definition) is 7. The first-order valence-electron chi connectivity index (χ1n) is 8.07. The highest BCUT2D eigenvalue weighted by atomic mass is 32.2. The second kappa shape index (κ2) is 7.76. The van der Waals surface area contributed by atoms with Crippen molar-refractivity contribution in [3.63, 3.8) is 0 Å². The van der Waals surface area contributed by atoms with Crippen LogP contribution < -0.4 is 10.1 Å². The van der Waals surface area contributed by atoms with Gasteiger partial charge in [0.1, 0.15) is 12.4 Å². The summed E-state index contributed by atoms with van der Waals surface area (Å²) >= 11 is 1.02. The van der Waals surface area contributed by atoms with Crippen molar-refractivity contribution in [1.29, 1.82) is 0 Å². The Morgan fingerprint density at radius 1 is 1.16 bits per heavy atom. The summed E-state index contributed by atoms with van der Waals surface area (Å²) in [5.41, 5.74) is 0.968. The van der Waals surface area contributed by atoms with Crippen molar-refractivity contribution in [2.45, 2.75) is 11.7 Å². The van der Waals surface area contributed by atoms with Crippen molar-refractivity contribution in [2.75, 3.05) is 37.7 Å². The molecule has 1 aromatic rings. The Morgan fingerprint density at radius 2 is 1.84 bits per heavy atom. The molecule has 0 bridgehead atoms. The van der Waals surface area contributed by atoms with Crippen LogP contribution >= 0.6 is 11.8 Å². The van der Waals surface area contributed by atoms with Gasteiger partial charge in [-0.15, -0.1) is 0 Å². The Labute approximate surface area is 151 Å². The second-order valence-electron chi connectivity index (χ2n) is 6.07. The molecule has 2 heterocycles. The van der Waals surface area contributed by atoms with Gasteiger partial charge in [0.25, 0.3) is 5.24 Å². The number of carbonyl (C=O) groups is 2. The highest BCUT2D eigenvalue weighted by molar-refractivity contribution is 8.15. The summed E-state index contributed by atoms with van der Waals surface area (Å²) in [5.74, 6) is 0.931.